The molecule has 0 bridgehead atoms. The van der Waals surface area contributed by atoms with Crippen LogP contribution in [0, 0.1) is 0 Å². The molecule has 0 spiro atoms. The normalized spacial score (nSPS) is 16.7. The van der Waals surface area contributed by atoms with E-state index in [1.165, 1.54) is 0 Å². The average molecular weight is 203 g/mol. The molecule has 0 aromatic heterocycles. The minimum atomic E-state index is -1.03. The Morgan fingerprint density at radius 2 is 1.43 bits per heavy atom. The lowest BCUT2D eigenvalue weighted by atomic mass is 9.83. The number of rotatable bonds is 7. The maximum atomic E-state index is 9.93. The van der Waals surface area contributed by atoms with E-state index in [9.17, 15) is 10.2 Å². The third-order valence-corrected chi connectivity index (χ3v) is 2.94. The average Bonchev–Trinajstić information content (AvgIpc) is 2.02. The third kappa shape index (κ3) is 4.94. The molecule has 0 aliphatic carbocycles. The van der Waals surface area contributed by atoms with Gasteiger partial charge in [-0.05, 0) is 40.2 Å². The van der Waals surface area contributed by atoms with Gasteiger partial charge in [0.1, 0.15) is 0 Å². The van der Waals surface area contributed by atoms with Gasteiger partial charge in [0.2, 0.25) is 0 Å². The molecule has 0 rings (SSSR count). The fourth-order valence-electron chi connectivity index (χ4n) is 1.27. The van der Waals surface area contributed by atoms with Crippen LogP contribution < -0.4 is 5.73 Å². The van der Waals surface area contributed by atoms with Gasteiger partial charge >= 0.3 is 0 Å². The number of unbranched alkanes of at least 4 members (excludes halogenated alkanes) is 3. The molecule has 0 amide bonds. The standard InChI is InChI=1S/C11H25NO2/c1-10(2,13)11(3,14)8-6-4-5-7-9-12/h13-14H,4-9,12H2,1-3H3. The van der Waals surface area contributed by atoms with Gasteiger partial charge in [-0.3, -0.25) is 0 Å². The second-order valence-electron chi connectivity index (χ2n) is 4.79. The Kier molecular flexibility index (Phi) is 5.64. The summed E-state index contributed by atoms with van der Waals surface area (Å²) in [4.78, 5) is 0. The topological polar surface area (TPSA) is 66.5 Å². The molecule has 0 aromatic rings. The largest absolute Gasteiger partial charge is 0.387 e. The van der Waals surface area contributed by atoms with Gasteiger partial charge in [-0.1, -0.05) is 19.3 Å². The van der Waals surface area contributed by atoms with Crippen molar-refractivity contribution in [3.63, 3.8) is 0 Å². The second kappa shape index (κ2) is 5.69. The Morgan fingerprint density at radius 3 is 1.86 bits per heavy atom. The molecule has 0 radical (unpaired) electrons. The van der Waals surface area contributed by atoms with E-state index in [-0.39, 0.29) is 0 Å². The summed E-state index contributed by atoms with van der Waals surface area (Å²) >= 11 is 0. The molecule has 0 aromatic carbocycles. The van der Waals surface area contributed by atoms with Crippen LogP contribution in [0.15, 0.2) is 0 Å². The van der Waals surface area contributed by atoms with E-state index in [1.807, 2.05) is 0 Å². The van der Waals surface area contributed by atoms with E-state index in [4.69, 9.17) is 5.73 Å². The minimum Gasteiger partial charge on any atom is -0.387 e. The molecule has 1 atom stereocenters. The van der Waals surface area contributed by atoms with Crippen LogP contribution in [-0.2, 0) is 0 Å². The Morgan fingerprint density at radius 1 is 0.929 bits per heavy atom. The summed E-state index contributed by atoms with van der Waals surface area (Å²) in [6.07, 6.45) is 4.81. The summed E-state index contributed by atoms with van der Waals surface area (Å²) in [5.41, 5.74) is 3.36. The first-order chi connectivity index (χ1) is 6.31. The summed E-state index contributed by atoms with van der Waals surface area (Å²) in [6.45, 7) is 5.72. The van der Waals surface area contributed by atoms with Gasteiger partial charge in [0.05, 0.1) is 11.2 Å². The predicted octanol–water partition coefficient (Wildman–Crippen LogP) is 1.42. The van der Waals surface area contributed by atoms with Gasteiger partial charge in [-0.15, -0.1) is 0 Å². The Hall–Kier alpha value is -0.120. The summed E-state index contributed by atoms with van der Waals surface area (Å²) in [6, 6.07) is 0. The lowest BCUT2D eigenvalue weighted by molar-refractivity contribution is -0.124. The molecule has 0 aliphatic rings. The van der Waals surface area contributed by atoms with Crippen LogP contribution in [0.2, 0.25) is 0 Å². The van der Waals surface area contributed by atoms with Gasteiger partial charge in [0.15, 0.2) is 0 Å². The molecule has 86 valence electrons. The summed E-state index contributed by atoms with van der Waals surface area (Å²) < 4.78 is 0. The van der Waals surface area contributed by atoms with E-state index in [0.717, 1.165) is 32.2 Å². The molecule has 3 nitrogen and oxygen atoms in total. The molecule has 0 fully saturated rings. The van der Waals surface area contributed by atoms with E-state index in [2.05, 4.69) is 0 Å². The van der Waals surface area contributed by atoms with Crippen molar-refractivity contribution >= 4 is 0 Å². The first-order valence-corrected chi connectivity index (χ1v) is 5.46. The van der Waals surface area contributed by atoms with Crippen molar-refractivity contribution in [2.45, 2.75) is 64.1 Å². The number of nitrogens with two attached hydrogens (primary N) is 1. The highest BCUT2D eigenvalue weighted by atomic mass is 16.3. The quantitative estimate of drug-likeness (QED) is 0.548. The van der Waals surface area contributed by atoms with Crippen LogP contribution in [0.4, 0.5) is 0 Å². The highest BCUT2D eigenvalue weighted by Crippen LogP contribution is 2.26. The molecule has 1 unspecified atom stereocenters. The Bertz CT molecular complexity index is 150. The number of aliphatic hydroxyl groups is 2. The van der Waals surface area contributed by atoms with Gasteiger partial charge in [0, 0.05) is 0 Å². The van der Waals surface area contributed by atoms with Crippen LogP contribution in [0.5, 0.6) is 0 Å². The van der Waals surface area contributed by atoms with Crippen molar-refractivity contribution in [1.29, 1.82) is 0 Å². The molecular weight excluding hydrogens is 178 g/mol. The monoisotopic (exact) mass is 203 g/mol. The fraction of sp³-hybridized carbons (Fsp3) is 1.00. The summed E-state index contributed by atoms with van der Waals surface area (Å²) in [5, 5.41) is 19.6. The van der Waals surface area contributed by atoms with Gasteiger partial charge in [0.25, 0.3) is 0 Å². The van der Waals surface area contributed by atoms with Crippen molar-refractivity contribution in [2.75, 3.05) is 6.54 Å². The van der Waals surface area contributed by atoms with E-state index in [0.29, 0.717) is 6.42 Å². The van der Waals surface area contributed by atoms with E-state index >= 15 is 0 Å². The smallest absolute Gasteiger partial charge is 0.0900 e. The van der Waals surface area contributed by atoms with Crippen molar-refractivity contribution in [3.05, 3.63) is 0 Å². The van der Waals surface area contributed by atoms with Crippen molar-refractivity contribution in [3.8, 4) is 0 Å². The zero-order valence-corrected chi connectivity index (χ0v) is 9.71. The van der Waals surface area contributed by atoms with Crippen LogP contribution in [0.1, 0.15) is 52.9 Å². The highest BCUT2D eigenvalue weighted by molar-refractivity contribution is 4.89. The molecule has 4 N–H and O–H groups in total. The molecule has 0 heterocycles. The first-order valence-electron chi connectivity index (χ1n) is 5.46. The van der Waals surface area contributed by atoms with Crippen LogP contribution >= 0.6 is 0 Å². The molecule has 0 aliphatic heterocycles. The van der Waals surface area contributed by atoms with Gasteiger partial charge < -0.3 is 15.9 Å². The second-order valence-corrected chi connectivity index (χ2v) is 4.79. The Balaban J connectivity index is 3.67. The predicted molar refractivity (Wildman–Crippen MR) is 59.1 cm³/mol. The zero-order valence-electron chi connectivity index (χ0n) is 9.71. The minimum absolute atomic E-state index is 0.640. The van der Waals surface area contributed by atoms with Crippen molar-refractivity contribution < 1.29 is 10.2 Å². The van der Waals surface area contributed by atoms with Crippen molar-refractivity contribution in [1.82, 2.24) is 0 Å². The lowest BCUT2D eigenvalue weighted by Gasteiger charge is -2.35. The van der Waals surface area contributed by atoms with Gasteiger partial charge in [-0.25, -0.2) is 0 Å². The molecular formula is C11H25NO2. The molecule has 0 saturated heterocycles. The lowest BCUT2D eigenvalue weighted by Crippen LogP contribution is -2.47. The van der Waals surface area contributed by atoms with Crippen molar-refractivity contribution in [2.24, 2.45) is 5.73 Å². The van der Waals surface area contributed by atoms with Crippen LogP contribution in [-0.4, -0.2) is 28.0 Å². The maximum Gasteiger partial charge on any atom is 0.0900 e. The zero-order chi connectivity index (χ0) is 11.2. The van der Waals surface area contributed by atoms with Crippen LogP contribution in [0.25, 0.3) is 0 Å². The number of hydrogen-bond acceptors (Lipinski definition) is 3. The highest BCUT2D eigenvalue weighted by Gasteiger charge is 2.36. The van der Waals surface area contributed by atoms with Crippen LogP contribution in [0.3, 0.4) is 0 Å². The number of hydrogen-bond donors (Lipinski definition) is 3. The van der Waals surface area contributed by atoms with E-state index in [1.54, 1.807) is 20.8 Å². The third-order valence-electron chi connectivity index (χ3n) is 2.94. The van der Waals surface area contributed by atoms with E-state index < -0.39 is 11.2 Å². The molecule has 14 heavy (non-hydrogen) atoms. The molecule has 0 saturated carbocycles. The fourth-order valence-corrected chi connectivity index (χ4v) is 1.27. The maximum absolute atomic E-state index is 9.93. The van der Waals surface area contributed by atoms with Gasteiger partial charge in [-0.2, -0.15) is 0 Å². The first kappa shape index (κ1) is 13.9. The molecule has 3 heteroatoms. The summed E-state index contributed by atoms with van der Waals surface area (Å²) in [5.74, 6) is 0. The summed E-state index contributed by atoms with van der Waals surface area (Å²) in [7, 11) is 0. The SMILES string of the molecule is CC(C)(O)C(C)(O)CCCCCCN. The Labute approximate surface area is 87.3 Å².